The average Bonchev–Trinajstić information content (AvgIpc) is 3.48. The molecule has 0 radical (unpaired) electrons. The van der Waals surface area contributed by atoms with Crippen LogP contribution in [0.25, 0.3) is 0 Å². The Labute approximate surface area is 172 Å². The fraction of sp³-hybridized carbons (Fsp3) is 0.409. The zero-order valence-corrected chi connectivity index (χ0v) is 16.6. The number of ketones is 1. The minimum Gasteiger partial charge on any atom is -0.509 e. The highest BCUT2D eigenvalue weighted by molar-refractivity contribution is 6.23. The second-order valence-corrected chi connectivity index (χ2v) is 7.95. The standard InChI is InChI=1S/C22H21N3O5/c1-3-10(4-2)25-21(28)11-6-5-7-12(15(11)22(25)29)23-24-18-19(26)16-13-8-9-14(30-13)17(16)20(18)27/h5-10,13-14,16-17,26H,3-4H2,1-2H3. The summed E-state index contributed by atoms with van der Waals surface area (Å²) in [5.41, 5.74) is 0.584. The van der Waals surface area contributed by atoms with Gasteiger partial charge in [-0.15, -0.1) is 10.2 Å². The number of aliphatic hydroxyl groups is 1. The number of imide groups is 1. The molecule has 30 heavy (non-hydrogen) atoms. The van der Waals surface area contributed by atoms with Crippen molar-refractivity contribution in [3.05, 3.63) is 52.9 Å². The van der Waals surface area contributed by atoms with Crippen molar-refractivity contribution in [2.75, 3.05) is 0 Å². The van der Waals surface area contributed by atoms with Crippen molar-refractivity contribution in [2.24, 2.45) is 22.1 Å². The molecule has 0 spiro atoms. The minimum atomic E-state index is -0.482. The monoisotopic (exact) mass is 407 g/mol. The zero-order chi connectivity index (χ0) is 21.2. The molecule has 1 fully saturated rings. The molecule has 8 nitrogen and oxygen atoms in total. The van der Waals surface area contributed by atoms with Crippen molar-refractivity contribution in [1.29, 1.82) is 0 Å². The van der Waals surface area contributed by atoms with Gasteiger partial charge in [0.05, 0.1) is 40.9 Å². The number of fused-ring (bicyclic) bond motifs is 6. The quantitative estimate of drug-likeness (QED) is 0.457. The van der Waals surface area contributed by atoms with E-state index in [1.165, 1.54) is 4.90 Å². The minimum absolute atomic E-state index is 0.0989. The van der Waals surface area contributed by atoms with Crippen LogP contribution in [0.15, 0.2) is 52.0 Å². The van der Waals surface area contributed by atoms with Gasteiger partial charge in [-0.2, -0.15) is 0 Å². The van der Waals surface area contributed by atoms with E-state index in [0.29, 0.717) is 12.8 Å². The molecule has 1 aromatic rings. The number of carbonyl (C=O) groups excluding carboxylic acids is 3. The second kappa shape index (κ2) is 6.70. The van der Waals surface area contributed by atoms with Crippen LogP contribution in [0.4, 0.5) is 5.69 Å². The van der Waals surface area contributed by atoms with Crippen molar-refractivity contribution in [3.63, 3.8) is 0 Å². The van der Waals surface area contributed by atoms with Gasteiger partial charge in [0.1, 0.15) is 5.76 Å². The SMILES string of the molecule is CCC(CC)N1C(=O)c2cccc(N=NC3=C(O)C4C5C=CC(O5)C4C3=O)c2C1=O. The predicted molar refractivity (Wildman–Crippen MR) is 105 cm³/mol. The van der Waals surface area contributed by atoms with E-state index in [4.69, 9.17) is 4.74 Å². The Bertz CT molecular complexity index is 1070. The first kappa shape index (κ1) is 18.9. The molecular formula is C22H21N3O5. The van der Waals surface area contributed by atoms with Gasteiger partial charge in [0.25, 0.3) is 11.8 Å². The number of allylic oxidation sites excluding steroid dienone is 1. The summed E-state index contributed by atoms with van der Waals surface area (Å²) in [5, 5.41) is 18.7. The van der Waals surface area contributed by atoms with Gasteiger partial charge < -0.3 is 9.84 Å². The summed E-state index contributed by atoms with van der Waals surface area (Å²) < 4.78 is 5.65. The molecule has 0 saturated carbocycles. The number of azo groups is 1. The number of benzene rings is 1. The highest BCUT2D eigenvalue weighted by Crippen LogP contribution is 2.49. The number of aliphatic hydroxyl groups excluding tert-OH is 1. The third kappa shape index (κ3) is 2.40. The molecule has 3 heterocycles. The normalized spacial score (nSPS) is 29.3. The number of hydrogen-bond acceptors (Lipinski definition) is 7. The second-order valence-electron chi connectivity index (χ2n) is 7.95. The van der Waals surface area contributed by atoms with Gasteiger partial charge in [-0.05, 0) is 25.0 Å². The Morgan fingerprint density at radius 1 is 1.03 bits per heavy atom. The smallest absolute Gasteiger partial charge is 0.264 e. The van der Waals surface area contributed by atoms with Crippen LogP contribution in [0, 0.1) is 11.8 Å². The van der Waals surface area contributed by atoms with Gasteiger partial charge in [-0.1, -0.05) is 32.1 Å². The van der Waals surface area contributed by atoms with E-state index in [-0.39, 0.29) is 58.2 Å². The number of rotatable bonds is 5. The Morgan fingerprint density at radius 3 is 2.40 bits per heavy atom. The summed E-state index contributed by atoms with van der Waals surface area (Å²) in [6, 6.07) is 4.62. The molecule has 4 unspecified atom stereocenters. The van der Waals surface area contributed by atoms with Gasteiger partial charge in [0, 0.05) is 6.04 Å². The maximum Gasteiger partial charge on any atom is 0.264 e. The van der Waals surface area contributed by atoms with Crippen LogP contribution in [-0.2, 0) is 9.53 Å². The first-order chi connectivity index (χ1) is 14.5. The Morgan fingerprint density at radius 2 is 1.73 bits per heavy atom. The Kier molecular flexibility index (Phi) is 4.21. The highest BCUT2D eigenvalue weighted by atomic mass is 16.5. The molecule has 5 rings (SSSR count). The summed E-state index contributed by atoms with van der Waals surface area (Å²) >= 11 is 0. The van der Waals surface area contributed by atoms with Gasteiger partial charge in [-0.3, -0.25) is 19.3 Å². The van der Waals surface area contributed by atoms with Crippen molar-refractivity contribution in [2.45, 2.75) is 44.9 Å². The van der Waals surface area contributed by atoms with Crippen LogP contribution >= 0.6 is 0 Å². The van der Waals surface area contributed by atoms with Crippen molar-refractivity contribution in [3.8, 4) is 0 Å². The third-order valence-corrected chi connectivity index (χ3v) is 6.48. The number of hydrogen-bond donors (Lipinski definition) is 1. The molecule has 4 atom stereocenters. The van der Waals surface area contributed by atoms with Crippen LogP contribution in [0.1, 0.15) is 47.4 Å². The van der Waals surface area contributed by atoms with E-state index in [0.717, 1.165) is 0 Å². The Balaban J connectivity index is 1.49. The third-order valence-electron chi connectivity index (χ3n) is 6.48. The lowest BCUT2D eigenvalue weighted by molar-refractivity contribution is -0.119. The maximum atomic E-state index is 13.0. The number of nitrogens with zero attached hydrogens (tertiary/aromatic N) is 3. The van der Waals surface area contributed by atoms with Crippen LogP contribution in [0.2, 0.25) is 0 Å². The molecule has 3 aliphatic heterocycles. The number of Topliss-reactive ketones (excluding diaryl/α,β-unsaturated/α-hetero) is 1. The molecule has 8 heteroatoms. The molecule has 154 valence electrons. The predicted octanol–water partition coefficient (Wildman–Crippen LogP) is 3.48. The number of amides is 2. The van der Waals surface area contributed by atoms with Crippen molar-refractivity contribution in [1.82, 2.24) is 4.90 Å². The molecule has 1 saturated heterocycles. The fourth-order valence-electron chi connectivity index (χ4n) is 4.95. The van der Waals surface area contributed by atoms with E-state index in [2.05, 4.69) is 10.2 Å². The van der Waals surface area contributed by atoms with E-state index in [1.807, 2.05) is 26.0 Å². The molecular weight excluding hydrogens is 386 g/mol. The molecule has 2 bridgehead atoms. The van der Waals surface area contributed by atoms with Gasteiger partial charge in [-0.25, -0.2) is 0 Å². The maximum absolute atomic E-state index is 13.0. The van der Waals surface area contributed by atoms with E-state index in [9.17, 15) is 19.5 Å². The van der Waals surface area contributed by atoms with E-state index in [1.54, 1.807) is 18.2 Å². The number of ether oxygens (including phenoxy) is 1. The lowest BCUT2D eigenvalue weighted by Gasteiger charge is -2.23. The fourth-order valence-corrected chi connectivity index (χ4v) is 4.95. The lowest BCUT2D eigenvalue weighted by atomic mass is 9.84. The zero-order valence-electron chi connectivity index (χ0n) is 16.6. The van der Waals surface area contributed by atoms with Crippen molar-refractivity contribution < 1.29 is 24.2 Å². The summed E-state index contributed by atoms with van der Waals surface area (Å²) in [7, 11) is 0. The van der Waals surface area contributed by atoms with E-state index < -0.39 is 17.7 Å². The summed E-state index contributed by atoms with van der Waals surface area (Å²) in [6.07, 6.45) is 4.32. The van der Waals surface area contributed by atoms with Crippen molar-refractivity contribution >= 4 is 23.3 Å². The Hall–Kier alpha value is -3.13. The average molecular weight is 407 g/mol. The summed E-state index contributed by atoms with van der Waals surface area (Å²) in [6.45, 7) is 3.86. The molecule has 1 aliphatic carbocycles. The van der Waals surface area contributed by atoms with Gasteiger partial charge >= 0.3 is 0 Å². The molecule has 2 amide bonds. The summed E-state index contributed by atoms with van der Waals surface area (Å²) in [5.74, 6) is -2.10. The number of carbonyl (C=O) groups is 3. The molecule has 4 aliphatic rings. The topological polar surface area (TPSA) is 109 Å². The van der Waals surface area contributed by atoms with Gasteiger partial charge in [0.2, 0.25) is 0 Å². The highest BCUT2D eigenvalue weighted by Gasteiger charge is 2.57. The summed E-state index contributed by atoms with van der Waals surface area (Å²) in [4.78, 5) is 39.9. The van der Waals surface area contributed by atoms with Gasteiger partial charge in [0.15, 0.2) is 11.5 Å². The first-order valence-corrected chi connectivity index (χ1v) is 10.2. The van der Waals surface area contributed by atoms with Crippen LogP contribution < -0.4 is 0 Å². The van der Waals surface area contributed by atoms with Crippen LogP contribution in [0.3, 0.4) is 0 Å². The van der Waals surface area contributed by atoms with Crippen LogP contribution in [0.5, 0.6) is 0 Å². The lowest BCUT2D eigenvalue weighted by Crippen LogP contribution is -2.39. The molecule has 0 aromatic heterocycles. The van der Waals surface area contributed by atoms with E-state index >= 15 is 0 Å². The molecule has 1 N–H and O–H groups in total. The molecule has 1 aromatic carbocycles. The van der Waals surface area contributed by atoms with Crippen LogP contribution in [-0.4, -0.2) is 45.9 Å². The first-order valence-electron chi connectivity index (χ1n) is 10.2. The largest absolute Gasteiger partial charge is 0.509 e.